The Morgan fingerprint density at radius 2 is 1.82 bits per heavy atom. The highest BCUT2D eigenvalue weighted by Crippen LogP contribution is 2.34. The second kappa shape index (κ2) is 5.57. The molecular weight excluding hydrogens is 220 g/mol. The summed E-state index contributed by atoms with van der Waals surface area (Å²) in [6, 6.07) is 3.55. The second-order valence-corrected chi connectivity index (χ2v) is 3.86. The molecule has 0 amide bonds. The fraction of sp³-hybridized carbons (Fsp3) is 0.462. The summed E-state index contributed by atoms with van der Waals surface area (Å²) >= 11 is 0. The zero-order chi connectivity index (χ0) is 13.0. The standard InChI is InChI=1S/C13H18O4/c1-5-9(13(14)15)10-7-12(17-4)11(16-3)6-8(10)2/h6-7,9H,5H2,1-4H3,(H,14,15). The topological polar surface area (TPSA) is 55.8 Å². The van der Waals surface area contributed by atoms with Crippen LogP contribution in [0, 0.1) is 6.92 Å². The van der Waals surface area contributed by atoms with Crippen LogP contribution in [0.2, 0.25) is 0 Å². The average molecular weight is 238 g/mol. The minimum atomic E-state index is -0.817. The summed E-state index contributed by atoms with van der Waals surface area (Å²) < 4.78 is 10.4. The zero-order valence-corrected chi connectivity index (χ0v) is 10.6. The van der Waals surface area contributed by atoms with Crippen LogP contribution in [0.25, 0.3) is 0 Å². The van der Waals surface area contributed by atoms with Gasteiger partial charge in [-0.25, -0.2) is 0 Å². The Labute approximate surface area is 101 Å². The second-order valence-electron chi connectivity index (χ2n) is 3.86. The van der Waals surface area contributed by atoms with Crippen molar-refractivity contribution in [2.45, 2.75) is 26.2 Å². The summed E-state index contributed by atoms with van der Waals surface area (Å²) in [5.41, 5.74) is 1.68. The van der Waals surface area contributed by atoms with Crippen molar-refractivity contribution in [3.63, 3.8) is 0 Å². The quantitative estimate of drug-likeness (QED) is 0.856. The molecule has 0 aliphatic heterocycles. The minimum absolute atomic E-state index is 0.505. The van der Waals surface area contributed by atoms with Crippen molar-refractivity contribution in [1.82, 2.24) is 0 Å². The third kappa shape index (κ3) is 2.70. The van der Waals surface area contributed by atoms with E-state index in [9.17, 15) is 4.79 Å². The summed E-state index contributed by atoms with van der Waals surface area (Å²) in [6.07, 6.45) is 0.547. The lowest BCUT2D eigenvalue weighted by Crippen LogP contribution is -2.12. The van der Waals surface area contributed by atoms with E-state index < -0.39 is 11.9 Å². The molecule has 1 atom stereocenters. The summed E-state index contributed by atoms with van der Waals surface area (Å²) in [5.74, 6) is -0.139. The molecule has 17 heavy (non-hydrogen) atoms. The van der Waals surface area contributed by atoms with Gasteiger partial charge in [0.25, 0.3) is 0 Å². The molecule has 0 fully saturated rings. The van der Waals surface area contributed by atoms with Gasteiger partial charge >= 0.3 is 5.97 Å². The van der Waals surface area contributed by atoms with Crippen LogP contribution in [0.15, 0.2) is 12.1 Å². The first-order valence-electron chi connectivity index (χ1n) is 5.50. The van der Waals surface area contributed by atoms with Crippen LogP contribution in [-0.4, -0.2) is 25.3 Å². The predicted octanol–water partition coefficient (Wildman–Crippen LogP) is 2.59. The number of carbonyl (C=O) groups is 1. The van der Waals surface area contributed by atoms with Crippen molar-refractivity contribution in [2.24, 2.45) is 0 Å². The van der Waals surface area contributed by atoms with Gasteiger partial charge in [-0.2, -0.15) is 0 Å². The summed E-state index contributed by atoms with van der Waals surface area (Å²) in [7, 11) is 3.10. The van der Waals surface area contributed by atoms with E-state index >= 15 is 0 Å². The molecule has 1 aromatic carbocycles. The summed E-state index contributed by atoms with van der Waals surface area (Å²) in [4.78, 5) is 11.2. The molecule has 0 aliphatic rings. The van der Waals surface area contributed by atoms with Gasteiger partial charge in [0.15, 0.2) is 11.5 Å². The van der Waals surface area contributed by atoms with Crippen LogP contribution in [0.1, 0.15) is 30.4 Å². The number of benzene rings is 1. The predicted molar refractivity (Wildman–Crippen MR) is 65.0 cm³/mol. The van der Waals surface area contributed by atoms with E-state index in [1.54, 1.807) is 26.4 Å². The number of carboxylic acid groups (broad SMARTS) is 1. The maximum Gasteiger partial charge on any atom is 0.310 e. The largest absolute Gasteiger partial charge is 0.493 e. The van der Waals surface area contributed by atoms with Crippen molar-refractivity contribution in [3.8, 4) is 11.5 Å². The number of hydrogen-bond donors (Lipinski definition) is 1. The molecule has 0 aromatic heterocycles. The number of aliphatic carboxylic acids is 1. The van der Waals surface area contributed by atoms with Crippen molar-refractivity contribution >= 4 is 5.97 Å². The van der Waals surface area contributed by atoms with Crippen LogP contribution < -0.4 is 9.47 Å². The van der Waals surface area contributed by atoms with Crippen molar-refractivity contribution in [2.75, 3.05) is 14.2 Å². The van der Waals surface area contributed by atoms with Gasteiger partial charge in [0.1, 0.15) is 0 Å². The third-order valence-electron chi connectivity index (χ3n) is 2.85. The lowest BCUT2D eigenvalue weighted by Gasteiger charge is -2.16. The van der Waals surface area contributed by atoms with Gasteiger partial charge in [-0.05, 0) is 36.6 Å². The first-order valence-corrected chi connectivity index (χ1v) is 5.50. The van der Waals surface area contributed by atoms with E-state index in [0.717, 1.165) is 11.1 Å². The highest BCUT2D eigenvalue weighted by molar-refractivity contribution is 5.77. The number of ether oxygens (including phenoxy) is 2. The fourth-order valence-corrected chi connectivity index (χ4v) is 1.90. The van der Waals surface area contributed by atoms with Crippen LogP contribution in [0.4, 0.5) is 0 Å². The Kier molecular flexibility index (Phi) is 4.37. The molecule has 0 radical (unpaired) electrons. The number of aryl methyl sites for hydroxylation is 1. The Hall–Kier alpha value is -1.71. The molecule has 0 bridgehead atoms. The van der Waals surface area contributed by atoms with Crippen LogP contribution >= 0.6 is 0 Å². The van der Waals surface area contributed by atoms with Crippen LogP contribution in [0.3, 0.4) is 0 Å². The Morgan fingerprint density at radius 3 is 2.24 bits per heavy atom. The fourth-order valence-electron chi connectivity index (χ4n) is 1.90. The van der Waals surface area contributed by atoms with Gasteiger partial charge in [0, 0.05) is 0 Å². The molecule has 1 aromatic rings. The molecule has 0 heterocycles. The Morgan fingerprint density at radius 1 is 1.29 bits per heavy atom. The number of rotatable bonds is 5. The van der Waals surface area contributed by atoms with Gasteiger partial charge in [-0.1, -0.05) is 6.92 Å². The lowest BCUT2D eigenvalue weighted by atomic mass is 9.92. The zero-order valence-electron chi connectivity index (χ0n) is 10.6. The SMILES string of the molecule is CCC(C(=O)O)c1cc(OC)c(OC)cc1C. The first-order chi connectivity index (χ1) is 8.04. The van der Waals surface area contributed by atoms with Gasteiger partial charge < -0.3 is 14.6 Å². The minimum Gasteiger partial charge on any atom is -0.493 e. The number of methoxy groups -OCH3 is 2. The summed E-state index contributed by atoms with van der Waals surface area (Å²) in [6.45, 7) is 3.73. The molecule has 1 rings (SSSR count). The van der Waals surface area contributed by atoms with Gasteiger partial charge in [0.2, 0.25) is 0 Å². The van der Waals surface area contributed by atoms with Crippen LogP contribution in [0.5, 0.6) is 11.5 Å². The smallest absolute Gasteiger partial charge is 0.310 e. The lowest BCUT2D eigenvalue weighted by molar-refractivity contribution is -0.138. The van der Waals surface area contributed by atoms with Crippen LogP contribution in [-0.2, 0) is 4.79 Å². The van der Waals surface area contributed by atoms with E-state index in [4.69, 9.17) is 14.6 Å². The Balaban J connectivity index is 3.29. The van der Waals surface area contributed by atoms with E-state index in [1.807, 2.05) is 13.8 Å². The summed E-state index contributed by atoms with van der Waals surface area (Å²) in [5, 5.41) is 9.17. The van der Waals surface area contributed by atoms with Gasteiger partial charge in [-0.3, -0.25) is 4.79 Å². The average Bonchev–Trinajstić information content (AvgIpc) is 2.31. The molecule has 0 saturated carbocycles. The van der Waals surface area contributed by atoms with Crippen molar-refractivity contribution in [1.29, 1.82) is 0 Å². The van der Waals surface area contributed by atoms with E-state index in [0.29, 0.717) is 17.9 Å². The molecule has 4 nitrogen and oxygen atoms in total. The van der Waals surface area contributed by atoms with E-state index in [-0.39, 0.29) is 0 Å². The normalized spacial score (nSPS) is 12.0. The maximum absolute atomic E-state index is 11.2. The first kappa shape index (κ1) is 13.4. The van der Waals surface area contributed by atoms with Crippen molar-refractivity contribution < 1.29 is 19.4 Å². The van der Waals surface area contributed by atoms with E-state index in [2.05, 4.69) is 0 Å². The van der Waals surface area contributed by atoms with E-state index in [1.165, 1.54) is 0 Å². The van der Waals surface area contributed by atoms with Gasteiger partial charge in [-0.15, -0.1) is 0 Å². The highest BCUT2D eigenvalue weighted by Gasteiger charge is 2.21. The molecule has 0 saturated heterocycles. The Bertz CT molecular complexity index is 412. The monoisotopic (exact) mass is 238 g/mol. The third-order valence-corrected chi connectivity index (χ3v) is 2.85. The molecule has 0 aliphatic carbocycles. The van der Waals surface area contributed by atoms with Crippen molar-refractivity contribution in [3.05, 3.63) is 23.3 Å². The molecule has 94 valence electrons. The molecule has 0 spiro atoms. The molecular formula is C13H18O4. The maximum atomic E-state index is 11.2. The highest BCUT2D eigenvalue weighted by atomic mass is 16.5. The van der Waals surface area contributed by atoms with Gasteiger partial charge in [0.05, 0.1) is 20.1 Å². The number of hydrogen-bond acceptors (Lipinski definition) is 3. The number of carboxylic acids is 1. The molecule has 1 unspecified atom stereocenters. The molecule has 1 N–H and O–H groups in total. The molecule has 4 heteroatoms.